The van der Waals surface area contributed by atoms with E-state index in [1.165, 1.54) is 19.3 Å². The third-order valence-corrected chi connectivity index (χ3v) is 6.25. The van der Waals surface area contributed by atoms with Gasteiger partial charge in [0.1, 0.15) is 5.58 Å². The molecule has 1 aromatic carbocycles. The number of likely N-dealkylation sites (N-methyl/N-ethyl adjacent to an activating group) is 1. The second-order valence-electron chi connectivity index (χ2n) is 7.37. The predicted octanol–water partition coefficient (Wildman–Crippen LogP) is 4.56. The molecule has 2 aromatic rings. The first-order valence-corrected chi connectivity index (χ1v) is 10.5. The van der Waals surface area contributed by atoms with Crippen LogP contribution in [0.3, 0.4) is 0 Å². The maximum atomic E-state index is 12.6. The summed E-state index contributed by atoms with van der Waals surface area (Å²) in [5.41, 5.74) is 2.27. The fourth-order valence-corrected chi connectivity index (χ4v) is 4.47. The first-order chi connectivity index (χ1) is 14.0. The molecule has 0 radical (unpaired) electrons. The Labute approximate surface area is 173 Å². The van der Waals surface area contributed by atoms with E-state index in [-0.39, 0.29) is 17.1 Å². The summed E-state index contributed by atoms with van der Waals surface area (Å²) in [6, 6.07) is 5.84. The summed E-state index contributed by atoms with van der Waals surface area (Å²) in [4.78, 5) is 37.8. The van der Waals surface area contributed by atoms with Gasteiger partial charge in [0.05, 0.1) is 11.2 Å². The number of nitrogens with zero attached hydrogens (tertiary/aromatic N) is 1. The number of hydrogen-bond acceptors (Lipinski definition) is 5. The summed E-state index contributed by atoms with van der Waals surface area (Å²) in [6.45, 7) is 0. The van der Waals surface area contributed by atoms with Crippen LogP contribution in [0.2, 0.25) is 0 Å². The fraction of sp³-hybridized carbons (Fsp3) is 0.318. The Kier molecular flexibility index (Phi) is 5.58. The minimum Gasteiger partial charge on any atom is -0.464 e. The van der Waals surface area contributed by atoms with Crippen molar-refractivity contribution in [3.63, 3.8) is 0 Å². The van der Waals surface area contributed by atoms with Crippen LogP contribution in [-0.2, 0) is 9.59 Å². The molecule has 3 amide bonds. The lowest BCUT2D eigenvalue weighted by atomic mass is 9.94. The minimum atomic E-state index is -0.385. The van der Waals surface area contributed by atoms with Crippen LogP contribution in [0.5, 0.6) is 0 Å². The third-order valence-electron chi connectivity index (χ3n) is 5.44. The molecule has 0 atom stereocenters. The lowest BCUT2D eigenvalue weighted by Crippen LogP contribution is -2.37. The molecule has 6 nitrogen and oxygen atoms in total. The van der Waals surface area contributed by atoms with Crippen molar-refractivity contribution in [3.8, 4) is 0 Å². The van der Waals surface area contributed by atoms with Gasteiger partial charge in [-0.3, -0.25) is 19.7 Å². The summed E-state index contributed by atoms with van der Waals surface area (Å²) < 4.78 is 5.59. The van der Waals surface area contributed by atoms with E-state index < -0.39 is 0 Å². The summed E-state index contributed by atoms with van der Waals surface area (Å²) in [5.74, 6) is -0.397. The molecule has 1 saturated carbocycles. The molecule has 2 aliphatic rings. The number of rotatable bonds is 4. The first kappa shape index (κ1) is 19.5. The molecule has 1 aromatic heterocycles. The summed E-state index contributed by atoms with van der Waals surface area (Å²) in [7, 11) is 1.87. The van der Waals surface area contributed by atoms with E-state index in [1.54, 1.807) is 24.5 Å². The molecule has 1 saturated heterocycles. The van der Waals surface area contributed by atoms with Crippen LogP contribution in [0.25, 0.3) is 23.1 Å². The van der Waals surface area contributed by atoms with Crippen LogP contribution < -0.4 is 5.32 Å². The summed E-state index contributed by atoms with van der Waals surface area (Å²) in [5, 5.41) is 2.73. The van der Waals surface area contributed by atoms with E-state index in [0.29, 0.717) is 16.5 Å². The van der Waals surface area contributed by atoms with E-state index in [2.05, 4.69) is 5.32 Å². The van der Waals surface area contributed by atoms with E-state index >= 15 is 0 Å². The number of hydrogen-bond donors (Lipinski definition) is 1. The monoisotopic (exact) mass is 410 g/mol. The van der Waals surface area contributed by atoms with Crippen molar-refractivity contribution in [3.05, 3.63) is 46.6 Å². The van der Waals surface area contributed by atoms with Crippen molar-refractivity contribution < 1.29 is 18.8 Å². The van der Waals surface area contributed by atoms with Gasteiger partial charge in [-0.05, 0) is 54.5 Å². The Morgan fingerprint density at radius 2 is 2.03 bits per heavy atom. The molecular weight excluding hydrogens is 388 g/mol. The van der Waals surface area contributed by atoms with Crippen LogP contribution >= 0.6 is 11.8 Å². The van der Waals surface area contributed by atoms with Crippen molar-refractivity contribution in [1.82, 2.24) is 10.2 Å². The minimum absolute atomic E-state index is 0.0120. The molecule has 1 N–H and O–H groups in total. The number of imide groups is 1. The number of carbonyl (C=O) groups is 3. The average Bonchev–Trinajstić information content (AvgIpc) is 3.28. The van der Waals surface area contributed by atoms with Gasteiger partial charge in [-0.25, -0.2) is 0 Å². The highest BCUT2D eigenvalue weighted by Gasteiger charge is 2.25. The van der Waals surface area contributed by atoms with Crippen LogP contribution in [0.4, 0.5) is 4.79 Å². The lowest BCUT2D eigenvalue weighted by molar-refractivity contribution is -0.127. The van der Waals surface area contributed by atoms with E-state index in [1.807, 2.05) is 30.1 Å². The quantitative estimate of drug-likeness (QED) is 0.748. The van der Waals surface area contributed by atoms with Gasteiger partial charge in [0.2, 0.25) is 5.91 Å². The average molecular weight is 410 g/mol. The molecule has 1 aliphatic heterocycles. The van der Waals surface area contributed by atoms with Crippen LogP contribution in [0.15, 0.2) is 39.9 Å². The Morgan fingerprint density at radius 1 is 1.24 bits per heavy atom. The number of fused-ring (bicyclic) bond motifs is 1. The molecule has 0 unspecified atom stereocenters. The fourth-order valence-electron chi connectivity index (χ4n) is 3.78. The normalized spacial score (nSPS) is 19.4. The van der Waals surface area contributed by atoms with Gasteiger partial charge in [0.25, 0.3) is 11.1 Å². The zero-order valence-corrected chi connectivity index (χ0v) is 17.0. The van der Waals surface area contributed by atoms with Crippen molar-refractivity contribution in [2.75, 3.05) is 7.05 Å². The number of thioether (sulfide) groups is 1. The first-order valence-electron chi connectivity index (χ1n) is 9.72. The molecule has 2 fully saturated rings. The second-order valence-corrected chi connectivity index (χ2v) is 8.39. The third kappa shape index (κ3) is 4.29. The highest BCUT2D eigenvalue weighted by Crippen LogP contribution is 2.29. The zero-order chi connectivity index (χ0) is 20.4. The van der Waals surface area contributed by atoms with Crippen molar-refractivity contribution in [1.29, 1.82) is 0 Å². The number of carbonyl (C=O) groups excluding carboxylic acids is 3. The van der Waals surface area contributed by atoms with Crippen LogP contribution in [0.1, 0.15) is 43.2 Å². The molecule has 4 rings (SSSR count). The highest BCUT2D eigenvalue weighted by atomic mass is 32.2. The molecule has 0 bridgehead atoms. The Morgan fingerprint density at radius 3 is 2.76 bits per heavy atom. The predicted molar refractivity (Wildman–Crippen MR) is 114 cm³/mol. The van der Waals surface area contributed by atoms with Crippen molar-refractivity contribution >= 4 is 51.9 Å². The topological polar surface area (TPSA) is 79.6 Å². The molecular formula is C22H22N2O4S. The highest BCUT2D eigenvalue weighted by molar-refractivity contribution is 8.18. The van der Waals surface area contributed by atoms with Crippen LogP contribution in [0, 0.1) is 0 Å². The zero-order valence-electron chi connectivity index (χ0n) is 16.1. The SMILES string of the molecule is CN(C(=O)/C=C\c1coc2ccc(/C=C3\SC(=O)NC3=O)cc12)C1CCCCC1. The lowest BCUT2D eigenvalue weighted by Gasteiger charge is -2.30. The molecule has 1 aliphatic carbocycles. The maximum Gasteiger partial charge on any atom is 0.290 e. The Bertz CT molecular complexity index is 1030. The molecule has 7 heteroatoms. The summed E-state index contributed by atoms with van der Waals surface area (Å²) in [6.07, 6.45) is 12.4. The van der Waals surface area contributed by atoms with E-state index in [4.69, 9.17) is 4.42 Å². The van der Waals surface area contributed by atoms with Gasteiger partial charge < -0.3 is 9.32 Å². The number of nitrogens with one attached hydrogen (secondary N) is 1. The van der Waals surface area contributed by atoms with Gasteiger partial charge in [-0.1, -0.05) is 25.3 Å². The van der Waals surface area contributed by atoms with Gasteiger partial charge >= 0.3 is 0 Å². The van der Waals surface area contributed by atoms with Gasteiger partial charge in [-0.15, -0.1) is 0 Å². The molecule has 0 spiro atoms. The molecule has 29 heavy (non-hydrogen) atoms. The molecule has 150 valence electrons. The van der Waals surface area contributed by atoms with Gasteiger partial charge in [-0.2, -0.15) is 0 Å². The smallest absolute Gasteiger partial charge is 0.290 e. The van der Waals surface area contributed by atoms with E-state index in [0.717, 1.165) is 41.1 Å². The largest absolute Gasteiger partial charge is 0.464 e. The Hall–Kier alpha value is -2.80. The van der Waals surface area contributed by atoms with Gasteiger partial charge in [0.15, 0.2) is 0 Å². The number of benzene rings is 1. The maximum absolute atomic E-state index is 12.6. The number of furan rings is 1. The van der Waals surface area contributed by atoms with Gasteiger partial charge in [0, 0.05) is 30.1 Å². The second kappa shape index (κ2) is 8.29. The summed E-state index contributed by atoms with van der Waals surface area (Å²) >= 11 is 0.885. The standard InChI is InChI=1S/C22H22N2O4S/c1-24(16-5-3-2-4-6-16)20(25)10-8-15-13-28-18-9-7-14(11-17(15)18)12-19-21(26)23-22(27)29-19/h7-13,16H,2-6H2,1H3,(H,23,26,27)/b10-8-,19-12-. The van der Waals surface area contributed by atoms with Crippen molar-refractivity contribution in [2.45, 2.75) is 38.1 Å². The van der Waals surface area contributed by atoms with E-state index in [9.17, 15) is 14.4 Å². The number of amides is 3. The molecule has 2 heterocycles. The Balaban J connectivity index is 1.54. The van der Waals surface area contributed by atoms with Crippen LogP contribution in [-0.4, -0.2) is 35.0 Å². The van der Waals surface area contributed by atoms with Crippen molar-refractivity contribution in [2.24, 2.45) is 0 Å².